The monoisotopic (exact) mass is 261 g/mol. The third-order valence-corrected chi connectivity index (χ3v) is 3.47. The van der Waals surface area contributed by atoms with Gasteiger partial charge in [-0.25, -0.2) is 4.39 Å². The number of hydrogen-bond acceptors (Lipinski definition) is 1. The van der Waals surface area contributed by atoms with Gasteiger partial charge in [0.25, 0.3) is 0 Å². The van der Waals surface area contributed by atoms with Crippen molar-refractivity contribution in [2.75, 3.05) is 13.1 Å². The van der Waals surface area contributed by atoms with Crippen LogP contribution in [0.25, 0.3) is 6.08 Å². The van der Waals surface area contributed by atoms with E-state index in [1.165, 1.54) is 18.6 Å². The van der Waals surface area contributed by atoms with Gasteiger partial charge in [-0.05, 0) is 42.0 Å². The van der Waals surface area contributed by atoms with Gasteiger partial charge in [-0.1, -0.05) is 26.0 Å². The van der Waals surface area contributed by atoms with Crippen LogP contribution < -0.4 is 0 Å². The fourth-order valence-electron chi connectivity index (χ4n) is 2.69. The second-order valence-corrected chi connectivity index (χ2v) is 5.57. The summed E-state index contributed by atoms with van der Waals surface area (Å²) >= 11 is 0. The van der Waals surface area contributed by atoms with Crippen LogP contribution in [0, 0.1) is 17.7 Å². The Hall–Kier alpha value is -1.64. The number of rotatable bonds is 2. The predicted octanol–water partition coefficient (Wildman–Crippen LogP) is 3.34. The van der Waals surface area contributed by atoms with E-state index in [0.717, 1.165) is 18.7 Å². The van der Waals surface area contributed by atoms with Gasteiger partial charge in [0, 0.05) is 19.2 Å². The fraction of sp³-hybridized carbons (Fsp3) is 0.438. The molecule has 2 unspecified atom stereocenters. The lowest BCUT2D eigenvalue weighted by Crippen LogP contribution is -2.41. The molecule has 1 aromatic rings. The largest absolute Gasteiger partial charge is 0.339 e. The smallest absolute Gasteiger partial charge is 0.246 e. The molecule has 0 aromatic heterocycles. The Bertz CT molecular complexity index is 456. The molecule has 1 aliphatic heterocycles. The highest BCUT2D eigenvalue weighted by Crippen LogP contribution is 2.21. The van der Waals surface area contributed by atoms with Crippen LogP contribution in [0.2, 0.25) is 0 Å². The number of nitrogens with zero attached hydrogens (tertiary/aromatic N) is 1. The molecule has 0 bridgehead atoms. The van der Waals surface area contributed by atoms with Gasteiger partial charge in [0.05, 0.1) is 0 Å². The molecule has 1 aliphatic rings. The van der Waals surface area contributed by atoms with Crippen molar-refractivity contribution in [3.63, 3.8) is 0 Å². The lowest BCUT2D eigenvalue weighted by atomic mass is 9.92. The van der Waals surface area contributed by atoms with Crippen molar-refractivity contribution in [2.24, 2.45) is 11.8 Å². The molecular weight excluding hydrogens is 241 g/mol. The van der Waals surface area contributed by atoms with Crippen molar-refractivity contribution in [3.05, 3.63) is 41.7 Å². The third-order valence-electron chi connectivity index (χ3n) is 3.47. The van der Waals surface area contributed by atoms with Crippen molar-refractivity contribution in [1.29, 1.82) is 0 Å². The van der Waals surface area contributed by atoms with Crippen LogP contribution in [0.15, 0.2) is 30.3 Å². The van der Waals surface area contributed by atoms with Crippen LogP contribution >= 0.6 is 0 Å². The Kier molecular flexibility index (Phi) is 4.35. The quantitative estimate of drug-likeness (QED) is 0.748. The van der Waals surface area contributed by atoms with E-state index in [4.69, 9.17) is 0 Å². The van der Waals surface area contributed by atoms with Crippen LogP contribution in [0.3, 0.4) is 0 Å². The average molecular weight is 261 g/mol. The number of carbonyl (C=O) groups is 1. The number of hydrogen-bond donors (Lipinski definition) is 0. The standard InChI is InChI=1S/C16H20FNO/c1-12-9-13(2)11-18(10-12)16(19)8-5-14-3-6-15(17)7-4-14/h3-8,12-13H,9-11H2,1-2H3. The Balaban J connectivity index is 1.98. The predicted molar refractivity (Wildman–Crippen MR) is 75.0 cm³/mol. The van der Waals surface area contributed by atoms with Crippen LogP contribution in [-0.4, -0.2) is 23.9 Å². The van der Waals surface area contributed by atoms with E-state index >= 15 is 0 Å². The van der Waals surface area contributed by atoms with Gasteiger partial charge in [-0.3, -0.25) is 4.79 Å². The zero-order chi connectivity index (χ0) is 13.8. The maximum absolute atomic E-state index is 12.8. The molecule has 1 fully saturated rings. The summed E-state index contributed by atoms with van der Waals surface area (Å²) in [4.78, 5) is 14.0. The van der Waals surface area contributed by atoms with Gasteiger partial charge in [-0.15, -0.1) is 0 Å². The summed E-state index contributed by atoms with van der Waals surface area (Å²) in [5.74, 6) is 0.906. The van der Waals surface area contributed by atoms with Crippen molar-refractivity contribution < 1.29 is 9.18 Å². The second-order valence-electron chi connectivity index (χ2n) is 5.57. The van der Waals surface area contributed by atoms with E-state index in [2.05, 4.69) is 13.8 Å². The lowest BCUT2D eigenvalue weighted by Gasteiger charge is -2.34. The van der Waals surface area contributed by atoms with Crippen molar-refractivity contribution in [3.8, 4) is 0 Å². The Morgan fingerprint density at radius 2 is 1.79 bits per heavy atom. The Morgan fingerprint density at radius 1 is 1.21 bits per heavy atom. The molecule has 2 rings (SSSR count). The molecule has 1 aromatic carbocycles. The van der Waals surface area contributed by atoms with Gasteiger partial charge >= 0.3 is 0 Å². The normalized spacial score (nSPS) is 23.8. The minimum Gasteiger partial charge on any atom is -0.339 e. The summed E-state index contributed by atoms with van der Waals surface area (Å²) in [5.41, 5.74) is 0.841. The van der Waals surface area contributed by atoms with Crippen LogP contribution in [-0.2, 0) is 4.79 Å². The summed E-state index contributed by atoms with van der Waals surface area (Å²) in [6, 6.07) is 6.13. The number of likely N-dealkylation sites (tertiary alicyclic amines) is 1. The van der Waals surface area contributed by atoms with Crippen LogP contribution in [0.5, 0.6) is 0 Å². The van der Waals surface area contributed by atoms with Crippen molar-refractivity contribution >= 4 is 12.0 Å². The summed E-state index contributed by atoms with van der Waals surface area (Å²) in [6.07, 6.45) is 4.51. The third kappa shape index (κ3) is 3.91. The summed E-state index contributed by atoms with van der Waals surface area (Å²) in [6.45, 7) is 6.02. The number of halogens is 1. The van der Waals surface area contributed by atoms with E-state index in [-0.39, 0.29) is 11.7 Å². The van der Waals surface area contributed by atoms with E-state index in [9.17, 15) is 9.18 Å². The second kappa shape index (κ2) is 6.00. The molecule has 102 valence electrons. The highest BCUT2D eigenvalue weighted by molar-refractivity contribution is 5.91. The molecule has 2 nitrogen and oxygen atoms in total. The minimum absolute atomic E-state index is 0.0442. The number of amides is 1. The molecule has 2 atom stereocenters. The highest BCUT2D eigenvalue weighted by atomic mass is 19.1. The van der Waals surface area contributed by atoms with Gasteiger partial charge in [0.2, 0.25) is 5.91 Å². The topological polar surface area (TPSA) is 20.3 Å². The van der Waals surface area contributed by atoms with E-state index in [1.54, 1.807) is 24.3 Å². The maximum Gasteiger partial charge on any atom is 0.246 e. The Labute approximate surface area is 113 Å². The number of carbonyl (C=O) groups excluding carboxylic acids is 1. The first-order valence-corrected chi connectivity index (χ1v) is 6.77. The molecule has 0 radical (unpaired) electrons. The van der Waals surface area contributed by atoms with Crippen LogP contribution in [0.1, 0.15) is 25.8 Å². The van der Waals surface area contributed by atoms with Gasteiger partial charge in [0.15, 0.2) is 0 Å². The number of piperidine rings is 1. The molecule has 0 saturated carbocycles. The molecule has 19 heavy (non-hydrogen) atoms. The van der Waals surface area contributed by atoms with Gasteiger partial charge < -0.3 is 4.90 Å². The summed E-state index contributed by atoms with van der Waals surface area (Å²) in [5, 5.41) is 0. The molecule has 0 N–H and O–H groups in total. The Morgan fingerprint density at radius 3 is 2.37 bits per heavy atom. The first-order chi connectivity index (χ1) is 9.04. The molecule has 3 heteroatoms. The zero-order valence-electron chi connectivity index (χ0n) is 11.5. The molecule has 0 aliphatic carbocycles. The zero-order valence-corrected chi connectivity index (χ0v) is 11.5. The molecule has 1 heterocycles. The van der Waals surface area contributed by atoms with Crippen molar-refractivity contribution in [2.45, 2.75) is 20.3 Å². The van der Waals surface area contributed by atoms with E-state index in [1.807, 2.05) is 4.90 Å². The average Bonchev–Trinajstić information content (AvgIpc) is 2.36. The summed E-state index contributed by atoms with van der Waals surface area (Å²) in [7, 11) is 0. The van der Waals surface area contributed by atoms with Gasteiger partial charge in [-0.2, -0.15) is 0 Å². The fourth-order valence-corrected chi connectivity index (χ4v) is 2.69. The number of benzene rings is 1. The van der Waals surface area contributed by atoms with Crippen LogP contribution in [0.4, 0.5) is 4.39 Å². The first-order valence-electron chi connectivity index (χ1n) is 6.77. The maximum atomic E-state index is 12.8. The lowest BCUT2D eigenvalue weighted by molar-refractivity contribution is -0.128. The van der Waals surface area contributed by atoms with Gasteiger partial charge in [0.1, 0.15) is 5.82 Å². The van der Waals surface area contributed by atoms with E-state index < -0.39 is 0 Å². The van der Waals surface area contributed by atoms with Crippen molar-refractivity contribution in [1.82, 2.24) is 4.90 Å². The molecular formula is C16H20FNO. The minimum atomic E-state index is -0.262. The SMILES string of the molecule is CC1CC(C)CN(C(=O)C=Cc2ccc(F)cc2)C1. The van der Waals surface area contributed by atoms with E-state index in [0.29, 0.717) is 11.8 Å². The summed E-state index contributed by atoms with van der Waals surface area (Å²) < 4.78 is 12.8. The first kappa shape index (κ1) is 13.8. The molecule has 1 saturated heterocycles. The molecule has 0 spiro atoms. The molecule has 1 amide bonds. The highest BCUT2D eigenvalue weighted by Gasteiger charge is 2.23.